The lowest BCUT2D eigenvalue weighted by Crippen LogP contribution is -2.17. The van der Waals surface area contributed by atoms with Crippen molar-refractivity contribution in [1.82, 2.24) is 5.16 Å². The molecule has 5 rings (SSSR count). The minimum atomic E-state index is -0.751. The van der Waals surface area contributed by atoms with E-state index in [1.807, 2.05) is 42.5 Å². The predicted octanol–water partition coefficient (Wildman–Crippen LogP) is 5.22. The molecular weight excluding hydrogens is 448 g/mol. The Morgan fingerprint density at radius 2 is 2.00 bits per heavy atom. The third-order valence-corrected chi connectivity index (χ3v) is 7.67. The van der Waals surface area contributed by atoms with Gasteiger partial charge in [-0.3, -0.25) is 10.1 Å². The predicted molar refractivity (Wildman–Crippen MR) is 121 cm³/mol. The Labute approximate surface area is 190 Å². The number of carboxylic acids is 1. The number of nitrogens with zero attached hydrogens (tertiary/aromatic N) is 1. The first-order valence-corrected chi connectivity index (χ1v) is 11.4. The number of anilines is 1. The van der Waals surface area contributed by atoms with E-state index in [1.165, 1.54) is 28.9 Å². The molecule has 3 aromatic heterocycles. The fraction of sp³-hybridized carbons (Fsp3) is 0.174. The molecule has 1 aliphatic rings. The summed E-state index contributed by atoms with van der Waals surface area (Å²) in [5, 5.41) is 16.8. The number of aliphatic carboxylic acids is 1. The van der Waals surface area contributed by atoms with E-state index in [9.17, 15) is 14.7 Å². The van der Waals surface area contributed by atoms with Crippen molar-refractivity contribution in [3.8, 4) is 11.8 Å². The SMILES string of the molecule is O=C(Nc1cnoc1C#Cc1cc2cc(C3(C(=O)O)CC3)sc2s1)OCc1ccccc1. The molecule has 0 atom stereocenters. The number of hydrogen-bond acceptors (Lipinski definition) is 7. The summed E-state index contributed by atoms with van der Waals surface area (Å²) in [6.45, 7) is 0.149. The number of carbonyl (C=O) groups is 2. The molecule has 0 bridgehead atoms. The van der Waals surface area contributed by atoms with Gasteiger partial charge in [-0.05, 0) is 42.4 Å². The van der Waals surface area contributed by atoms with Crippen LogP contribution in [0, 0.1) is 11.8 Å². The minimum Gasteiger partial charge on any atom is -0.481 e. The van der Waals surface area contributed by atoms with E-state index >= 15 is 0 Å². The molecular formula is C23H16N2O5S2. The summed E-state index contributed by atoms with van der Waals surface area (Å²) in [6, 6.07) is 13.2. The number of nitrogens with one attached hydrogen (secondary N) is 1. The first-order chi connectivity index (χ1) is 15.5. The monoisotopic (exact) mass is 464 g/mol. The van der Waals surface area contributed by atoms with Crippen LogP contribution >= 0.6 is 22.7 Å². The normalized spacial score (nSPS) is 13.9. The molecule has 1 aliphatic carbocycles. The second kappa shape index (κ2) is 8.15. The van der Waals surface area contributed by atoms with E-state index in [1.54, 1.807) is 0 Å². The van der Waals surface area contributed by atoms with Gasteiger partial charge in [-0.15, -0.1) is 22.7 Å². The average molecular weight is 465 g/mol. The molecule has 3 heterocycles. The first kappa shape index (κ1) is 20.3. The highest BCUT2D eigenvalue weighted by molar-refractivity contribution is 7.38. The van der Waals surface area contributed by atoms with Crippen LogP contribution in [0.2, 0.25) is 0 Å². The number of rotatable bonds is 5. The molecule has 2 N–H and O–H groups in total. The van der Waals surface area contributed by atoms with Gasteiger partial charge in [0.1, 0.15) is 17.7 Å². The van der Waals surface area contributed by atoms with E-state index in [-0.39, 0.29) is 12.4 Å². The van der Waals surface area contributed by atoms with Crippen LogP contribution in [0.4, 0.5) is 10.5 Å². The molecule has 160 valence electrons. The van der Waals surface area contributed by atoms with Gasteiger partial charge in [0.2, 0.25) is 5.76 Å². The van der Waals surface area contributed by atoms with Gasteiger partial charge in [0.25, 0.3) is 0 Å². The zero-order valence-corrected chi connectivity index (χ0v) is 18.2. The van der Waals surface area contributed by atoms with Crippen LogP contribution in [0.25, 0.3) is 9.40 Å². The summed E-state index contributed by atoms with van der Waals surface area (Å²) in [4.78, 5) is 25.3. The van der Waals surface area contributed by atoms with Crippen LogP contribution in [0.5, 0.6) is 0 Å². The van der Waals surface area contributed by atoms with Crippen molar-refractivity contribution in [3.05, 3.63) is 69.7 Å². The van der Waals surface area contributed by atoms with Crippen LogP contribution in [0.1, 0.15) is 33.9 Å². The van der Waals surface area contributed by atoms with Gasteiger partial charge >= 0.3 is 12.1 Å². The Kier molecular flexibility index (Phi) is 5.17. The van der Waals surface area contributed by atoms with E-state index in [4.69, 9.17) is 9.26 Å². The molecule has 4 aromatic rings. The van der Waals surface area contributed by atoms with Gasteiger partial charge in [0.15, 0.2) is 0 Å². The van der Waals surface area contributed by atoms with Crippen molar-refractivity contribution in [2.24, 2.45) is 0 Å². The van der Waals surface area contributed by atoms with Gasteiger partial charge < -0.3 is 14.4 Å². The minimum absolute atomic E-state index is 0.149. The molecule has 32 heavy (non-hydrogen) atoms. The Hall–Kier alpha value is -3.61. The van der Waals surface area contributed by atoms with Gasteiger partial charge in [0, 0.05) is 10.3 Å². The average Bonchev–Trinajstić information content (AvgIpc) is 3.11. The maximum Gasteiger partial charge on any atom is 0.412 e. The van der Waals surface area contributed by atoms with Crippen molar-refractivity contribution in [1.29, 1.82) is 0 Å². The highest BCUT2D eigenvalue weighted by atomic mass is 32.2. The van der Waals surface area contributed by atoms with Crippen LogP contribution in [-0.2, 0) is 21.6 Å². The zero-order valence-electron chi connectivity index (χ0n) is 16.6. The van der Waals surface area contributed by atoms with Gasteiger partial charge in [-0.25, -0.2) is 4.79 Å². The largest absolute Gasteiger partial charge is 0.481 e. The number of carboxylic acid groups (broad SMARTS) is 1. The maximum atomic E-state index is 12.1. The number of aromatic nitrogens is 1. The zero-order chi connectivity index (χ0) is 22.1. The topological polar surface area (TPSA) is 102 Å². The fourth-order valence-electron chi connectivity index (χ4n) is 3.23. The van der Waals surface area contributed by atoms with Gasteiger partial charge in [-0.2, -0.15) is 0 Å². The second-order valence-electron chi connectivity index (χ2n) is 7.36. The van der Waals surface area contributed by atoms with Crippen molar-refractivity contribution < 1.29 is 24.0 Å². The highest BCUT2D eigenvalue weighted by Crippen LogP contribution is 2.52. The number of carbonyl (C=O) groups excluding carboxylic acids is 1. The van der Waals surface area contributed by atoms with Crippen LogP contribution in [-0.4, -0.2) is 22.3 Å². The standard InChI is InChI=1S/C23H16N2O5S2/c26-21(27)23(8-9-23)19-11-15-10-16(31-20(15)32-19)6-7-18-17(12-24-30-18)25-22(28)29-13-14-4-2-1-3-5-14/h1-5,10-12H,8-9,13H2,(H,25,28)(H,26,27). The summed E-state index contributed by atoms with van der Waals surface area (Å²) < 4.78 is 11.4. The molecule has 1 fully saturated rings. The quantitative estimate of drug-likeness (QED) is 0.393. The summed E-state index contributed by atoms with van der Waals surface area (Å²) in [5.74, 6) is 5.38. The van der Waals surface area contributed by atoms with Crippen LogP contribution in [0.15, 0.2) is 53.2 Å². The highest BCUT2D eigenvalue weighted by Gasteiger charge is 2.53. The van der Waals surface area contributed by atoms with Crippen molar-refractivity contribution in [2.75, 3.05) is 5.32 Å². The van der Waals surface area contributed by atoms with E-state index in [0.717, 1.165) is 24.7 Å². The second-order valence-corrected chi connectivity index (χ2v) is 9.72. The summed E-state index contributed by atoms with van der Waals surface area (Å²) in [5.41, 5.74) is 0.517. The van der Waals surface area contributed by atoms with E-state index in [0.29, 0.717) is 18.5 Å². The molecule has 0 saturated heterocycles. The van der Waals surface area contributed by atoms with Crippen LogP contribution in [0.3, 0.4) is 0 Å². The molecule has 1 saturated carbocycles. The van der Waals surface area contributed by atoms with Gasteiger partial charge in [0.05, 0.1) is 15.1 Å². The number of benzene rings is 1. The third kappa shape index (κ3) is 3.98. The molecule has 9 heteroatoms. The lowest BCUT2D eigenvalue weighted by Gasteiger charge is -2.05. The Morgan fingerprint density at radius 1 is 1.19 bits per heavy atom. The first-order valence-electron chi connectivity index (χ1n) is 9.75. The number of amides is 1. The van der Waals surface area contributed by atoms with E-state index in [2.05, 4.69) is 22.3 Å². The lowest BCUT2D eigenvalue weighted by molar-refractivity contribution is -0.139. The number of hydrogen-bond donors (Lipinski definition) is 2. The van der Waals surface area contributed by atoms with Crippen molar-refractivity contribution >= 4 is 49.8 Å². The van der Waals surface area contributed by atoms with Crippen LogP contribution < -0.4 is 5.32 Å². The fourth-order valence-corrected chi connectivity index (χ4v) is 5.77. The molecule has 1 aromatic carbocycles. The Bertz CT molecular complexity index is 1340. The summed E-state index contributed by atoms with van der Waals surface area (Å²) in [6.07, 6.45) is 2.13. The molecule has 7 nitrogen and oxygen atoms in total. The molecule has 1 amide bonds. The summed E-state index contributed by atoms with van der Waals surface area (Å²) in [7, 11) is 0. The number of ether oxygens (including phenoxy) is 1. The van der Waals surface area contributed by atoms with Crippen molar-refractivity contribution in [3.63, 3.8) is 0 Å². The summed E-state index contributed by atoms with van der Waals surface area (Å²) >= 11 is 3.01. The number of thiophene rings is 2. The molecule has 0 aliphatic heterocycles. The third-order valence-electron chi connectivity index (χ3n) is 5.16. The van der Waals surface area contributed by atoms with E-state index < -0.39 is 17.5 Å². The lowest BCUT2D eigenvalue weighted by atomic mass is 10.1. The molecule has 0 radical (unpaired) electrons. The molecule has 0 unspecified atom stereocenters. The maximum absolute atomic E-state index is 12.1. The van der Waals surface area contributed by atoms with Crippen molar-refractivity contribution in [2.45, 2.75) is 24.9 Å². The molecule has 0 spiro atoms. The van der Waals surface area contributed by atoms with Gasteiger partial charge in [-0.1, -0.05) is 35.5 Å². The Balaban J connectivity index is 1.26. The Morgan fingerprint density at radius 3 is 2.72 bits per heavy atom. The smallest absolute Gasteiger partial charge is 0.412 e. The number of fused-ring (bicyclic) bond motifs is 1.